The summed E-state index contributed by atoms with van der Waals surface area (Å²) < 4.78 is 5.44. The smallest absolute Gasteiger partial charge is 0.305 e. The zero-order valence-corrected chi connectivity index (χ0v) is 39.2. The maximum atomic E-state index is 12.4. The molecule has 3 N–H and O–H groups in total. The number of nitrogens with one attached hydrogen (secondary N) is 1. The average molecular weight is 830 g/mol. The van der Waals surface area contributed by atoms with E-state index < -0.39 is 12.1 Å². The predicted octanol–water partition coefficient (Wildman–Crippen LogP) is 15.3. The van der Waals surface area contributed by atoms with E-state index in [0.717, 1.165) is 64.2 Å². The van der Waals surface area contributed by atoms with Gasteiger partial charge in [-0.05, 0) is 83.5 Å². The summed E-state index contributed by atoms with van der Waals surface area (Å²) in [6, 6.07) is -0.640. The van der Waals surface area contributed by atoms with Crippen LogP contribution in [0.2, 0.25) is 0 Å². The van der Waals surface area contributed by atoms with Gasteiger partial charge in [-0.3, -0.25) is 9.59 Å². The number of allylic oxidation sites excluding steroid dienone is 5. The minimum absolute atomic E-state index is 0.0147. The molecule has 0 aliphatic heterocycles. The Morgan fingerprint density at radius 3 is 1.24 bits per heavy atom. The maximum Gasteiger partial charge on any atom is 0.305 e. The van der Waals surface area contributed by atoms with Gasteiger partial charge < -0.3 is 20.3 Å². The van der Waals surface area contributed by atoms with E-state index in [4.69, 9.17) is 4.74 Å². The van der Waals surface area contributed by atoms with Crippen LogP contribution in [0.3, 0.4) is 0 Å². The molecule has 0 aromatic heterocycles. The lowest BCUT2D eigenvalue weighted by Gasteiger charge is -2.20. The molecule has 2 unspecified atom stereocenters. The number of unbranched alkanes of at least 4 members (excludes halogenated alkanes) is 32. The molecule has 0 rings (SSSR count). The molecule has 0 aliphatic rings. The summed E-state index contributed by atoms with van der Waals surface area (Å²) in [4.78, 5) is 24.4. The number of hydrogen-bond donors (Lipinski definition) is 3. The van der Waals surface area contributed by atoms with Crippen molar-refractivity contribution >= 4 is 11.9 Å². The third kappa shape index (κ3) is 45.4. The molecule has 0 spiro atoms. The molecule has 0 aromatic carbocycles. The first kappa shape index (κ1) is 57.1. The largest absolute Gasteiger partial charge is 0.466 e. The van der Waals surface area contributed by atoms with Crippen molar-refractivity contribution in [2.45, 2.75) is 276 Å². The normalized spacial score (nSPS) is 12.9. The second-order valence-corrected chi connectivity index (χ2v) is 17.5. The number of carbonyl (C=O) groups excluding carboxylic acids is 2. The molecule has 59 heavy (non-hydrogen) atoms. The fourth-order valence-electron chi connectivity index (χ4n) is 7.62. The Kier molecular flexibility index (Phi) is 47.2. The van der Waals surface area contributed by atoms with Gasteiger partial charge in [0.2, 0.25) is 5.91 Å². The number of esters is 1. The van der Waals surface area contributed by atoms with Crippen molar-refractivity contribution in [1.29, 1.82) is 0 Å². The van der Waals surface area contributed by atoms with Crippen LogP contribution in [0.15, 0.2) is 36.5 Å². The van der Waals surface area contributed by atoms with E-state index in [1.165, 1.54) is 173 Å². The molecule has 6 heteroatoms. The van der Waals surface area contributed by atoms with E-state index in [-0.39, 0.29) is 18.5 Å². The van der Waals surface area contributed by atoms with Crippen molar-refractivity contribution in [2.24, 2.45) is 0 Å². The number of rotatable bonds is 47. The molecule has 0 bridgehead atoms. The molecule has 2 atom stereocenters. The highest BCUT2D eigenvalue weighted by Gasteiger charge is 2.18. The van der Waals surface area contributed by atoms with Crippen molar-refractivity contribution in [3.05, 3.63) is 36.5 Å². The highest BCUT2D eigenvalue weighted by atomic mass is 16.5. The minimum atomic E-state index is -0.854. The fourth-order valence-corrected chi connectivity index (χ4v) is 7.62. The molecule has 0 aliphatic carbocycles. The summed E-state index contributed by atoms with van der Waals surface area (Å²) in [5.74, 6) is -0.101. The summed E-state index contributed by atoms with van der Waals surface area (Å²) in [5.41, 5.74) is 0. The van der Waals surface area contributed by atoms with Crippen LogP contribution < -0.4 is 5.32 Å². The van der Waals surface area contributed by atoms with Crippen molar-refractivity contribution < 1.29 is 24.5 Å². The Balaban J connectivity index is 3.52. The molecule has 0 fully saturated rings. The van der Waals surface area contributed by atoms with Gasteiger partial charge in [0.25, 0.3) is 0 Å². The Labute approximate surface area is 366 Å². The predicted molar refractivity (Wildman–Crippen MR) is 255 cm³/mol. The van der Waals surface area contributed by atoms with Gasteiger partial charge in [-0.2, -0.15) is 0 Å². The summed E-state index contributed by atoms with van der Waals surface area (Å²) in [7, 11) is 0. The highest BCUT2D eigenvalue weighted by molar-refractivity contribution is 5.76. The van der Waals surface area contributed by atoms with Crippen LogP contribution in [-0.4, -0.2) is 47.4 Å². The molecule has 0 saturated heterocycles. The third-order valence-corrected chi connectivity index (χ3v) is 11.6. The molecule has 0 radical (unpaired) electrons. The van der Waals surface area contributed by atoms with E-state index >= 15 is 0 Å². The van der Waals surface area contributed by atoms with Crippen molar-refractivity contribution in [2.75, 3.05) is 13.2 Å². The molecule has 0 heterocycles. The summed E-state index contributed by atoms with van der Waals surface area (Å²) in [6.07, 6.45) is 58.5. The minimum Gasteiger partial charge on any atom is -0.466 e. The first-order chi connectivity index (χ1) is 29.0. The third-order valence-electron chi connectivity index (χ3n) is 11.6. The Hall–Kier alpha value is -1.92. The topological polar surface area (TPSA) is 95.9 Å². The number of carbonyl (C=O) groups is 2. The van der Waals surface area contributed by atoms with E-state index in [0.29, 0.717) is 19.4 Å². The lowest BCUT2D eigenvalue weighted by atomic mass is 10.0. The summed E-state index contributed by atoms with van der Waals surface area (Å²) in [6.45, 7) is 4.84. The standard InChI is InChI=1S/C53H99NO5/c1-3-5-7-9-11-13-15-17-22-25-29-33-37-41-45-51(56)50(49-55)54-52(57)46-42-38-34-30-26-23-20-18-19-21-24-28-32-36-40-44-48-59-53(58)47-43-39-35-31-27-16-14-12-10-8-6-4-2/h12,14,18,20,41,45,50-51,55-56H,3-11,13,15-17,19,21-40,42-44,46-49H2,1-2H3,(H,54,57)/b14-12-,20-18-,45-41+. The van der Waals surface area contributed by atoms with Crippen LogP contribution in [0.5, 0.6) is 0 Å². The van der Waals surface area contributed by atoms with Crippen LogP contribution in [-0.2, 0) is 14.3 Å². The zero-order valence-electron chi connectivity index (χ0n) is 39.2. The second-order valence-electron chi connectivity index (χ2n) is 17.5. The Bertz CT molecular complexity index is 962. The van der Waals surface area contributed by atoms with Gasteiger partial charge in [0.1, 0.15) is 0 Å². The number of aliphatic hydroxyl groups is 2. The quantitative estimate of drug-likeness (QED) is 0.0323. The molecular formula is C53H99NO5. The average Bonchev–Trinajstić information content (AvgIpc) is 3.24. The fraction of sp³-hybridized carbons (Fsp3) is 0.849. The van der Waals surface area contributed by atoms with Crippen molar-refractivity contribution in [1.82, 2.24) is 5.32 Å². The van der Waals surface area contributed by atoms with Gasteiger partial charge in [-0.1, -0.05) is 204 Å². The Morgan fingerprint density at radius 2 is 0.797 bits per heavy atom. The van der Waals surface area contributed by atoms with Gasteiger partial charge in [-0.15, -0.1) is 0 Å². The number of ether oxygens (including phenoxy) is 1. The molecule has 0 saturated carbocycles. The number of aliphatic hydroxyl groups excluding tert-OH is 2. The molecule has 346 valence electrons. The number of amides is 1. The molecule has 1 amide bonds. The van der Waals surface area contributed by atoms with Crippen molar-refractivity contribution in [3.63, 3.8) is 0 Å². The van der Waals surface area contributed by atoms with E-state index in [1.807, 2.05) is 6.08 Å². The van der Waals surface area contributed by atoms with Gasteiger partial charge in [0.15, 0.2) is 0 Å². The lowest BCUT2D eigenvalue weighted by Crippen LogP contribution is -2.45. The van der Waals surface area contributed by atoms with Crippen LogP contribution in [0.4, 0.5) is 0 Å². The second kappa shape index (κ2) is 48.7. The van der Waals surface area contributed by atoms with Crippen LogP contribution >= 0.6 is 0 Å². The monoisotopic (exact) mass is 830 g/mol. The van der Waals surface area contributed by atoms with Gasteiger partial charge in [0, 0.05) is 12.8 Å². The first-order valence-corrected chi connectivity index (χ1v) is 25.8. The molecule has 6 nitrogen and oxygen atoms in total. The number of hydrogen-bond acceptors (Lipinski definition) is 5. The van der Waals surface area contributed by atoms with Gasteiger partial charge in [0.05, 0.1) is 25.4 Å². The maximum absolute atomic E-state index is 12.4. The van der Waals surface area contributed by atoms with E-state index in [9.17, 15) is 19.8 Å². The molecular weight excluding hydrogens is 731 g/mol. The van der Waals surface area contributed by atoms with Gasteiger partial charge >= 0.3 is 5.97 Å². The van der Waals surface area contributed by atoms with E-state index in [2.05, 4.69) is 43.5 Å². The summed E-state index contributed by atoms with van der Waals surface area (Å²) >= 11 is 0. The first-order valence-electron chi connectivity index (χ1n) is 25.8. The molecule has 0 aromatic rings. The Morgan fingerprint density at radius 1 is 0.458 bits per heavy atom. The van der Waals surface area contributed by atoms with Gasteiger partial charge in [-0.25, -0.2) is 0 Å². The SMILES string of the molecule is CCCCC/C=C\CCCCCCCC(=O)OCCCCCCCCC/C=C\CCCCCCCC(=O)NC(CO)C(O)/C=C/CCCCCCCCCCCCCC. The zero-order chi connectivity index (χ0) is 43.0. The van der Waals surface area contributed by atoms with Crippen LogP contribution in [0.1, 0.15) is 264 Å². The summed E-state index contributed by atoms with van der Waals surface area (Å²) in [5, 5.41) is 23.0. The lowest BCUT2D eigenvalue weighted by molar-refractivity contribution is -0.143. The van der Waals surface area contributed by atoms with E-state index in [1.54, 1.807) is 6.08 Å². The van der Waals surface area contributed by atoms with Crippen LogP contribution in [0.25, 0.3) is 0 Å². The van der Waals surface area contributed by atoms with Crippen molar-refractivity contribution in [3.8, 4) is 0 Å². The van der Waals surface area contributed by atoms with Crippen LogP contribution in [0, 0.1) is 0 Å². The highest BCUT2D eigenvalue weighted by Crippen LogP contribution is 2.15.